The van der Waals surface area contributed by atoms with Gasteiger partial charge < -0.3 is 25.7 Å². The molecule has 0 aliphatic carbocycles. The first kappa shape index (κ1) is 38.4. The number of aromatic amines is 1. The molecule has 2 fully saturated rings. The molecule has 0 saturated carbocycles. The van der Waals surface area contributed by atoms with Crippen molar-refractivity contribution in [3.8, 4) is 5.75 Å². The van der Waals surface area contributed by atoms with Gasteiger partial charge in [-0.25, -0.2) is 8.42 Å². The van der Waals surface area contributed by atoms with Crippen molar-refractivity contribution in [3.63, 3.8) is 0 Å². The third-order valence-electron chi connectivity index (χ3n) is 10.5. The van der Waals surface area contributed by atoms with Crippen molar-refractivity contribution in [2.24, 2.45) is 0 Å². The topological polar surface area (TPSA) is 121 Å². The zero-order chi connectivity index (χ0) is 37.4. The van der Waals surface area contributed by atoms with Gasteiger partial charge in [0.25, 0.3) is 5.91 Å². The Morgan fingerprint density at radius 3 is 2.34 bits per heavy atom. The number of carbonyl (C=O) groups is 1. The van der Waals surface area contributed by atoms with Gasteiger partial charge in [-0.1, -0.05) is 66.2 Å². The molecule has 1 amide bonds. The number of hydrogen-bond donors (Lipinski definition) is 3. The van der Waals surface area contributed by atoms with Crippen LogP contribution in [0.25, 0.3) is 10.9 Å². The Morgan fingerprint density at radius 1 is 0.943 bits per heavy atom. The number of anilines is 1. The number of sulfone groups is 1. The number of likely N-dealkylation sites (N-methyl/N-ethyl adjacent to an activating group) is 1. The number of aryl methyl sites for hydroxylation is 1. The van der Waals surface area contributed by atoms with E-state index in [0.29, 0.717) is 39.4 Å². The summed E-state index contributed by atoms with van der Waals surface area (Å²) in [5, 5.41) is 4.68. The van der Waals surface area contributed by atoms with E-state index in [1.165, 1.54) is 43.0 Å². The number of nitrogens with one attached hydrogen (secondary N) is 2. The van der Waals surface area contributed by atoms with Crippen LogP contribution in [0, 0.1) is 0 Å². The zero-order valence-electron chi connectivity index (χ0n) is 30.6. The number of carbonyl (C=O) groups excluding carboxylic acids is 1. The van der Waals surface area contributed by atoms with Crippen LogP contribution in [0.2, 0.25) is 5.02 Å². The number of ether oxygens (including phenoxy) is 1. The van der Waals surface area contributed by atoms with E-state index in [9.17, 15) is 13.2 Å². The number of amides is 1. The molecular formula is C42H50ClN5O4S. The molecule has 4 N–H and O–H groups in total. The van der Waals surface area contributed by atoms with Crippen LogP contribution in [-0.2, 0) is 29.2 Å². The molecule has 3 heterocycles. The third-order valence-corrected chi connectivity index (χ3v) is 12.5. The first-order chi connectivity index (χ1) is 25.6. The monoisotopic (exact) mass is 755 g/mol. The lowest BCUT2D eigenvalue weighted by molar-refractivity contribution is 0.0906. The smallest absolute Gasteiger partial charge is 0.255 e. The second-order valence-corrected chi connectivity index (χ2v) is 16.7. The van der Waals surface area contributed by atoms with Crippen LogP contribution in [0.5, 0.6) is 5.75 Å². The van der Waals surface area contributed by atoms with Gasteiger partial charge in [-0.05, 0) is 99.1 Å². The second kappa shape index (κ2) is 17.6. The Labute approximate surface area is 318 Å². The maximum absolute atomic E-state index is 12.6. The van der Waals surface area contributed by atoms with Gasteiger partial charge in [0.05, 0.1) is 34.0 Å². The van der Waals surface area contributed by atoms with E-state index in [2.05, 4.69) is 69.7 Å². The van der Waals surface area contributed by atoms with E-state index in [1.54, 1.807) is 36.4 Å². The number of nitrogen functional groups attached to an aromatic ring is 1. The van der Waals surface area contributed by atoms with E-state index in [-0.39, 0.29) is 17.7 Å². The number of nitrogens with zero attached hydrogens (tertiary/aromatic N) is 2. The van der Waals surface area contributed by atoms with Gasteiger partial charge in [-0.2, -0.15) is 0 Å². The molecule has 1 aromatic heterocycles. The summed E-state index contributed by atoms with van der Waals surface area (Å²) in [6.45, 7) is 4.04. The minimum Gasteiger partial charge on any atom is -0.496 e. The van der Waals surface area contributed by atoms with Gasteiger partial charge in [0.15, 0.2) is 9.84 Å². The molecule has 11 heteroatoms. The highest BCUT2D eigenvalue weighted by Crippen LogP contribution is 2.29. The quantitative estimate of drug-likeness (QED) is 0.123. The van der Waals surface area contributed by atoms with Crippen LogP contribution in [-0.4, -0.2) is 80.7 Å². The number of benzene rings is 4. The molecule has 0 radical (unpaired) electrons. The van der Waals surface area contributed by atoms with E-state index >= 15 is 0 Å². The normalized spacial score (nSPS) is 17.0. The predicted molar refractivity (Wildman–Crippen MR) is 214 cm³/mol. The minimum atomic E-state index is -3.25. The highest BCUT2D eigenvalue weighted by molar-refractivity contribution is 7.91. The number of likely N-dealkylation sites (tertiary alicyclic amines) is 2. The average Bonchev–Trinajstić information content (AvgIpc) is 3.78. The Kier molecular flexibility index (Phi) is 12.8. The summed E-state index contributed by atoms with van der Waals surface area (Å²) in [7, 11) is 0.467. The van der Waals surface area contributed by atoms with Crippen LogP contribution >= 0.6 is 11.6 Å². The minimum absolute atomic E-state index is 0.133. The molecule has 5 aromatic rings. The van der Waals surface area contributed by atoms with Crippen molar-refractivity contribution in [2.45, 2.75) is 62.0 Å². The summed E-state index contributed by atoms with van der Waals surface area (Å²) in [4.78, 5) is 21.2. The number of piperidine rings is 1. The fourth-order valence-electron chi connectivity index (χ4n) is 7.29. The molecule has 4 aromatic carbocycles. The Balaban J connectivity index is 0.000000182. The third kappa shape index (κ3) is 10.00. The number of H-pyrrole nitrogens is 1. The van der Waals surface area contributed by atoms with Crippen molar-refractivity contribution in [1.29, 1.82) is 0 Å². The largest absolute Gasteiger partial charge is 0.496 e. The lowest BCUT2D eigenvalue weighted by Crippen LogP contribution is -2.44. The van der Waals surface area contributed by atoms with Crippen LogP contribution in [0.1, 0.15) is 52.7 Å². The van der Waals surface area contributed by atoms with E-state index in [0.717, 1.165) is 50.0 Å². The van der Waals surface area contributed by atoms with Gasteiger partial charge in [0, 0.05) is 54.9 Å². The predicted octanol–water partition coefficient (Wildman–Crippen LogP) is 7.15. The summed E-state index contributed by atoms with van der Waals surface area (Å²) in [6.07, 6.45) is 8.04. The van der Waals surface area contributed by atoms with Gasteiger partial charge in [0.2, 0.25) is 0 Å². The van der Waals surface area contributed by atoms with Crippen molar-refractivity contribution in [1.82, 2.24) is 20.1 Å². The fourth-order valence-corrected chi connectivity index (χ4v) is 8.77. The maximum atomic E-state index is 12.6. The van der Waals surface area contributed by atoms with Crippen molar-refractivity contribution in [3.05, 3.63) is 124 Å². The van der Waals surface area contributed by atoms with Crippen LogP contribution in [0.3, 0.4) is 0 Å². The molecule has 1 atom stereocenters. The lowest BCUT2D eigenvalue weighted by atomic mass is 10.0. The summed E-state index contributed by atoms with van der Waals surface area (Å²) < 4.78 is 30.3. The van der Waals surface area contributed by atoms with E-state index in [4.69, 9.17) is 22.1 Å². The van der Waals surface area contributed by atoms with Gasteiger partial charge in [-0.15, -0.1) is 0 Å². The summed E-state index contributed by atoms with van der Waals surface area (Å²) in [5.74, 6) is 0.393. The maximum Gasteiger partial charge on any atom is 0.255 e. The number of aromatic nitrogens is 1. The first-order valence-corrected chi connectivity index (χ1v) is 20.4. The summed E-state index contributed by atoms with van der Waals surface area (Å²) >= 11 is 6.06. The molecule has 0 spiro atoms. The van der Waals surface area contributed by atoms with E-state index < -0.39 is 9.84 Å². The fraction of sp³-hybridized carbons (Fsp3) is 0.357. The Bertz CT molecular complexity index is 2080. The van der Waals surface area contributed by atoms with Crippen LogP contribution in [0.4, 0.5) is 5.69 Å². The van der Waals surface area contributed by atoms with Gasteiger partial charge in [0.1, 0.15) is 5.75 Å². The van der Waals surface area contributed by atoms with Crippen molar-refractivity contribution < 1.29 is 17.9 Å². The van der Waals surface area contributed by atoms with Crippen molar-refractivity contribution in [2.75, 3.05) is 45.3 Å². The first-order valence-electron chi connectivity index (χ1n) is 18.4. The zero-order valence-corrected chi connectivity index (χ0v) is 32.1. The second-order valence-electron chi connectivity index (χ2n) is 14.1. The molecule has 9 nitrogen and oxygen atoms in total. The van der Waals surface area contributed by atoms with Gasteiger partial charge in [-0.3, -0.25) is 9.69 Å². The lowest BCUT2D eigenvalue weighted by Gasteiger charge is -2.32. The van der Waals surface area contributed by atoms with E-state index in [1.807, 2.05) is 18.2 Å². The van der Waals surface area contributed by atoms with Gasteiger partial charge >= 0.3 is 0 Å². The molecular weight excluding hydrogens is 706 g/mol. The number of fused-ring (bicyclic) bond motifs is 1. The number of halogens is 1. The molecule has 2 saturated heterocycles. The number of methoxy groups -OCH3 is 1. The number of nitrogens with two attached hydrogens (primary N) is 1. The number of hydrogen-bond acceptors (Lipinski definition) is 7. The summed E-state index contributed by atoms with van der Waals surface area (Å²) in [5.41, 5.74) is 11.4. The van der Waals surface area contributed by atoms with Crippen molar-refractivity contribution >= 4 is 43.9 Å². The van der Waals surface area contributed by atoms with Crippen LogP contribution in [0.15, 0.2) is 102 Å². The number of rotatable bonds is 11. The molecule has 2 aliphatic heterocycles. The molecule has 280 valence electrons. The highest BCUT2D eigenvalue weighted by Gasteiger charge is 2.24. The molecule has 7 rings (SSSR count). The molecule has 53 heavy (non-hydrogen) atoms. The molecule has 2 aliphatic rings. The highest BCUT2D eigenvalue weighted by atomic mass is 35.5. The Morgan fingerprint density at radius 2 is 1.66 bits per heavy atom. The summed E-state index contributed by atoms with van der Waals surface area (Å²) in [6, 6.07) is 29.3. The SMILES string of the molecule is CN1CCC[C@@H]1Cc1c[nH]c2ccc(CCS(=O)(=O)c3ccccc3)cc12.COc1cc(N)c(Cl)cc1C(=O)NC1CCN(Cc2ccccc2)CC1. The standard InChI is InChI=1S/C22H26N2O2S.C20H24ClN3O2/c1-24-12-5-6-19(24)15-18-16-23-22-10-9-17(14-21(18)22)11-13-27(25,26)20-7-3-2-4-8-20;1-26-19-12-18(22)17(21)11-16(19)20(25)23-15-7-9-24(10-8-15)13-14-5-3-2-4-6-14/h2-4,7-10,14,16,19,23H,5-6,11-13,15H2,1H3;2-6,11-12,15H,7-10,13,22H2,1H3,(H,23,25)/t19-;/m1./s1. The Hall–Kier alpha value is -4.35. The average molecular weight is 756 g/mol. The molecule has 0 unspecified atom stereocenters. The van der Waals surface area contributed by atoms with Crippen LogP contribution < -0.4 is 15.8 Å². The molecule has 0 bridgehead atoms.